The fraction of sp³-hybridized carbons (Fsp3) is 0.556. The van der Waals surface area contributed by atoms with Gasteiger partial charge in [0.2, 0.25) is 0 Å². The van der Waals surface area contributed by atoms with Crippen LogP contribution >= 0.6 is 0 Å². The highest BCUT2D eigenvalue weighted by Crippen LogP contribution is 2.40. The van der Waals surface area contributed by atoms with E-state index in [1.54, 1.807) is 0 Å². The molecule has 1 fully saturated rings. The largest absolute Gasteiger partial charge is 0.388 e. The summed E-state index contributed by atoms with van der Waals surface area (Å²) in [6, 6.07) is 0. The lowest BCUT2D eigenvalue weighted by atomic mass is 10.1. The van der Waals surface area contributed by atoms with Gasteiger partial charge < -0.3 is 5.73 Å². The third kappa shape index (κ3) is 1.88. The third-order valence-electron chi connectivity index (χ3n) is 2.40. The van der Waals surface area contributed by atoms with Gasteiger partial charge >= 0.3 is 0 Å². The quantitative estimate of drug-likeness (QED) is 0.477. The molecule has 1 heterocycles. The lowest BCUT2D eigenvalue weighted by Crippen LogP contribution is -2.10. The highest BCUT2D eigenvalue weighted by Gasteiger charge is 2.27. The Morgan fingerprint density at radius 1 is 1.69 bits per heavy atom. The Morgan fingerprint density at radius 3 is 3.08 bits per heavy atom. The summed E-state index contributed by atoms with van der Waals surface area (Å²) in [5.41, 5.74) is 7.80. The Labute approximate surface area is 77.0 Å². The molecule has 0 amide bonds. The van der Waals surface area contributed by atoms with Crippen LogP contribution in [0.25, 0.3) is 0 Å². The highest BCUT2D eigenvalue weighted by atomic mass is 15.1. The summed E-state index contributed by atoms with van der Waals surface area (Å²) < 4.78 is 0. The number of aromatic amines is 1. The van der Waals surface area contributed by atoms with E-state index in [9.17, 15) is 0 Å². The Kier molecular flexibility index (Phi) is 2.04. The second kappa shape index (κ2) is 3.20. The number of nitrogens with one attached hydrogen (secondary N) is 2. The van der Waals surface area contributed by atoms with Crippen LogP contribution in [0.3, 0.4) is 0 Å². The Morgan fingerprint density at radius 2 is 2.46 bits per heavy atom. The van der Waals surface area contributed by atoms with E-state index in [1.165, 1.54) is 24.1 Å². The van der Waals surface area contributed by atoms with Crippen molar-refractivity contribution in [1.82, 2.24) is 10.2 Å². The second-order valence-electron chi connectivity index (χ2n) is 3.61. The first kappa shape index (κ1) is 8.29. The zero-order valence-corrected chi connectivity index (χ0v) is 7.51. The lowest BCUT2D eigenvalue weighted by molar-refractivity contribution is 0.930. The van der Waals surface area contributed by atoms with Gasteiger partial charge in [-0.1, -0.05) is 0 Å². The molecule has 0 aliphatic heterocycles. The molecule has 1 aliphatic carbocycles. The van der Waals surface area contributed by atoms with Crippen molar-refractivity contribution in [2.24, 2.45) is 5.73 Å². The van der Waals surface area contributed by atoms with Gasteiger partial charge in [-0.15, -0.1) is 0 Å². The molecule has 1 aromatic rings. The molecule has 0 spiro atoms. The van der Waals surface area contributed by atoms with Gasteiger partial charge in [-0.2, -0.15) is 5.10 Å². The van der Waals surface area contributed by atoms with Crippen LogP contribution in [0.15, 0.2) is 6.20 Å². The number of H-pyrrole nitrogens is 1. The molecule has 4 nitrogen and oxygen atoms in total. The van der Waals surface area contributed by atoms with Gasteiger partial charge in [0.1, 0.15) is 0 Å². The Bertz CT molecular complexity index is 311. The zero-order valence-electron chi connectivity index (χ0n) is 7.51. The molecule has 0 radical (unpaired) electrons. The molecule has 0 unspecified atom stereocenters. The lowest BCUT2D eigenvalue weighted by Gasteiger charge is -1.99. The van der Waals surface area contributed by atoms with Crippen LogP contribution in [0.5, 0.6) is 0 Å². The van der Waals surface area contributed by atoms with Crippen molar-refractivity contribution in [3.8, 4) is 0 Å². The van der Waals surface area contributed by atoms with Gasteiger partial charge in [-0.25, -0.2) is 0 Å². The molecule has 0 aromatic carbocycles. The average molecular weight is 178 g/mol. The number of amidine groups is 1. The van der Waals surface area contributed by atoms with Crippen molar-refractivity contribution in [3.63, 3.8) is 0 Å². The number of nitrogens with two attached hydrogens (primary N) is 1. The van der Waals surface area contributed by atoms with Crippen LogP contribution in [0.2, 0.25) is 0 Å². The van der Waals surface area contributed by atoms with Gasteiger partial charge in [-0.05, 0) is 24.8 Å². The Hall–Kier alpha value is -1.32. The standard InChI is InChI=1S/C9H14N4/c10-8(11)4-3-7-5-12-13-9(7)6-1-2-6/h5-6H,1-4H2,(H3,10,11)(H,12,13). The maximum Gasteiger partial charge on any atom is 0.0908 e. The first-order chi connectivity index (χ1) is 6.27. The molecule has 13 heavy (non-hydrogen) atoms. The van der Waals surface area contributed by atoms with E-state index in [0.29, 0.717) is 12.3 Å². The summed E-state index contributed by atoms with van der Waals surface area (Å²) in [6.07, 6.45) is 5.89. The fourth-order valence-corrected chi connectivity index (χ4v) is 1.52. The van der Waals surface area contributed by atoms with Crippen LogP contribution in [-0.4, -0.2) is 16.0 Å². The normalized spacial score (nSPS) is 16.0. The van der Waals surface area contributed by atoms with Crippen LogP contribution in [-0.2, 0) is 6.42 Å². The van der Waals surface area contributed by atoms with Crippen molar-refractivity contribution in [2.45, 2.75) is 31.6 Å². The smallest absolute Gasteiger partial charge is 0.0908 e. The van der Waals surface area contributed by atoms with Gasteiger partial charge in [0.15, 0.2) is 0 Å². The maximum atomic E-state index is 7.14. The molecule has 1 saturated carbocycles. The molecular formula is C9H14N4. The predicted molar refractivity (Wildman–Crippen MR) is 50.8 cm³/mol. The topological polar surface area (TPSA) is 78.6 Å². The van der Waals surface area contributed by atoms with Crippen LogP contribution in [0, 0.1) is 5.41 Å². The second-order valence-corrected chi connectivity index (χ2v) is 3.61. The van der Waals surface area contributed by atoms with Crippen LogP contribution in [0.4, 0.5) is 0 Å². The molecule has 1 aliphatic rings. The molecule has 4 heteroatoms. The molecule has 2 rings (SSSR count). The van der Waals surface area contributed by atoms with Crippen molar-refractivity contribution >= 4 is 5.84 Å². The third-order valence-corrected chi connectivity index (χ3v) is 2.40. The first-order valence-electron chi connectivity index (χ1n) is 4.62. The zero-order chi connectivity index (χ0) is 9.26. The number of aryl methyl sites for hydroxylation is 1. The first-order valence-corrected chi connectivity index (χ1v) is 4.62. The van der Waals surface area contributed by atoms with E-state index in [-0.39, 0.29) is 5.84 Å². The summed E-state index contributed by atoms with van der Waals surface area (Å²) >= 11 is 0. The van der Waals surface area contributed by atoms with Crippen molar-refractivity contribution in [2.75, 3.05) is 0 Å². The van der Waals surface area contributed by atoms with E-state index in [0.717, 1.165) is 6.42 Å². The SMILES string of the molecule is N=C(N)CCc1cn[nH]c1C1CC1. The molecule has 0 bridgehead atoms. The van der Waals surface area contributed by atoms with Gasteiger partial charge in [0.05, 0.1) is 12.0 Å². The Balaban J connectivity index is 2.02. The van der Waals surface area contributed by atoms with Gasteiger partial charge in [0.25, 0.3) is 0 Å². The monoisotopic (exact) mass is 178 g/mol. The molecule has 0 saturated heterocycles. The van der Waals surface area contributed by atoms with Gasteiger partial charge in [-0.3, -0.25) is 10.5 Å². The summed E-state index contributed by atoms with van der Waals surface area (Å²) in [5.74, 6) is 0.951. The van der Waals surface area contributed by atoms with Crippen LogP contribution < -0.4 is 5.73 Å². The number of nitrogens with zero attached hydrogens (tertiary/aromatic N) is 1. The van der Waals surface area contributed by atoms with E-state index in [1.807, 2.05) is 6.20 Å². The number of aromatic nitrogens is 2. The maximum absolute atomic E-state index is 7.14. The number of rotatable bonds is 4. The molecular weight excluding hydrogens is 164 g/mol. The summed E-state index contributed by atoms with van der Waals surface area (Å²) in [7, 11) is 0. The minimum Gasteiger partial charge on any atom is -0.388 e. The van der Waals surface area contributed by atoms with Crippen LogP contribution in [0.1, 0.15) is 36.4 Å². The van der Waals surface area contributed by atoms with Gasteiger partial charge in [0, 0.05) is 18.0 Å². The van der Waals surface area contributed by atoms with E-state index in [2.05, 4.69) is 10.2 Å². The summed E-state index contributed by atoms with van der Waals surface area (Å²) in [4.78, 5) is 0. The molecule has 0 atom stereocenters. The number of hydrogen-bond acceptors (Lipinski definition) is 2. The van der Waals surface area contributed by atoms with Crippen molar-refractivity contribution in [3.05, 3.63) is 17.5 Å². The summed E-state index contributed by atoms with van der Waals surface area (Å²) in [6.45, 7) is 0. The van der Waals surface area contributed by atoms with E-state index in [4.69, 9.17) is 11.1 Å². The molecule has 70 valence electrons. The van der Waals surface area contributed by atoms with E-state index >= 15 is 0 Å². The molecule has 4 N–H and O–H groups in total. The van der Waals surface area contributed by atoms with E-state index < -0.39 is 0 Å². The van der Waals surface area contributed by atoms with Crippen molar-refractivity contribution < 1.29 is 0 Å². The minimum atomic E-state index is 0.253. The summed E-state index contributed by atoms with van der Waals surface area (Å²) in [5, 5.41) is 14.2. The van der Waals surface area contributed by atoms with Crippen molar-refractivity contribution in [1.29, 1.82) is 5.41 Å². The highest BCUT2D eigenvalue weighted by molar-refractivity contribution is 5.77. The average Bonchev–Trinajstić information content (AvgIpc) is 2.82. The number of hydrogen-bond donors (Lipinski definition) is 3. The predicted octanol–water partition coefficient (Wildman–Crippen LogP) is 1.16. The molecule has 1 aromatic heterocycles. The minimum absolute atomic E-state index is 0.253. The fourth-order valence-electron chi connectivity index (χ4n) is 1.52.